The first kappa shape index (κ1) is 15.8. The molecule has 2 rings (SSSR count). The van der Waals surface area contributed by atoms with Gasteiger partial charge in [-0.3, -0.25) is 4.79 Å². The van der Waals surface area contributed by atoms with Crippen LogP contribution in [0.5, 0.6) is 0 Å². The van der Waals surface area contributed by atoms with Gasteiger partial charge in [0.15, 0.2) is 0 Å². The summed E-state index contributed by atoms with van der Waals surface area (Å²) in [4.78, 5) is 14.2. The molecule has 1 amide bonds. The van der Waals surface area contributed by atoms with Crippen molar-refractivity contribution in [3.05, 3.63) is 29.8 Å². The Morgan fingerprint density at radius 2 is 1.95 bits per heavy atom. The molecule has 0 saturated carbocycles. The highest BCUT2D eigenvalue weighted by molar-refractivity contribution is 5.94. The molecule has 116 valence electrons. The molecule has 4 heteroatoms. The summed E-state index contributed by atoms with van der Waals surface area (Å²) in [5.74, 6) is 0.611. The molecule has 1 aliphatic heterocycles. The van der Waals surface area contributed by atoms with Crippen molar-refractivity contribution >= 4 is 11.6 Å². The van der Waals surface area contributed by atoms with Gasteiger partial charge in [-0.1, -0.05) is 6.92 Å². The molecule has 1 aliphatic rings. The molecule has 3 unspecified atom stereocenters. The first-order valence-electron chi connectivity index (χ1n) is 7.86. The monoisotopic (exact) mass is 289 g/mol. The van der Waals surface area contributed by atoms with Crippen LogP contribution in [0.15, 0.2) is 24.3 Å². The van der Waals surface area contributed by atoms with E-state index in [4.69, 9.17) is 0 Å². The third kappa shape index (κ3) is 3.97. The summed E-state index contributed by atoms with van der Waals surface area (Å²) in [5.41, 5.74) is 1.81. The van der Waals surface area contributed by atoms with Crippen LogP contribution < -0.4 is 10.6 Å². The highest BCUT2D eigenvalue weighted by Gasteiger charge is 2.28. The topological polar surface area (TPSA) is 44.4 Å². The molecule has 4 nitrogen and oxygen atoms in total. The summed E-state index contributed by atoms with van der Waals surface area (Å²) in [6.07, 6.45) is 1.15. The minimum absolute atomic E-state index is 0.00895. The van der Waals surface area contributed by atoms with Gasteiger partial charge in [-0.15, -0.1) is 0 Å². The van der Waals surface area contributed by atoms with E-state index in [0.717, 1.165) is 18.7 Å². The molecule has 0 aliphatic carbocycles. The van der Waals surface area contributed by atoms with Crippen LogP contribution in [-0.2, 0) is 0 Å². The second-order valence-electron chi connectivity index (χ2n) is 6.19. The SMILES string of the molecule is CCNC(=O)c1ccc(NC2CC(C)N(C)CC2C)cc1. The zero-order chi connectivity index (χ0) is 15.4. The van der Waals surface area contributed by atoms with E-state index in [1.807, 2.05) is 31.2 Å². The van der Waals surface area contributed by atoms with Crippen molar-refractivity contribution in [2.75, 3.05) is 25.5 Å². The minimum Gasteiger partial charge on any atom is -0.382 e. The molecule has 0 radical (unpaired) electrons. The van der Waals surface area contributed by atoms with Crippen molar-refractivity contribution in [2.24, 2.45) is 5.92 Å². The Bertz CT molecular complexity index is 471. The average Bonchev–Trinajstić information content (AvgIpc) is 2.46. The average molecular weight is 289 g/mol. The van der Waals surface area contributed by atoms with Gasteiger partial charge in [0.05, 0.1) is 0 Å². The summed E-state index contributed by atoms with van der Waals surface area (Å²) in [6, 6.07) is 8.87. The van der Waals surface area contributed by atoms with E-state index >= 15 is 0 Å². The lowest BCUT2D eigenvalue weighted by Crippen LogP contribution is -2.48. The molecule has 21 heavy (non-hydrogen) atoms. The molecule has 3 atom stereocenters. The zero-order valence-corrected chi connectivity index (χ0v) is 13.5. The molecule has 0 aromatic heterocycles. The third-order valence-electron chi connectivity index (χ3n) is 4.45. The van der Waals surface area contributed by atoms with E-state index in [-0.39, 0.29) is 5.91 Å². The van der Waals surface area contributed by atoms with Gasteiger partial charge < -0.3 is 15.5 Å². The lowest BCUT2D eigenvalue weighted by atomic mass is 9.89. The number of rotatable bonds is 4. The van der Waals surface area contributed by atoms with E-state index in [9.17, 15) is 4.79 Å². The molecule has 0 spiro atoms. The van der Waals surface area contributed by atoms with Gasteiger partial charge >= 0.3 is 0 Å². The number of carbonyl (C=O) groups is 1. The molecule has 1 fully saturated rings. The maximum absolute atomic E-state index is 11.7. The summed E-state index contributed by atoms with van der Waals surface area (Å²) in [7, 11) is 2.19. The lowest BCUT2D eigenvalue weighted by molar-refractivity contribution is 0.0956. The molecular weight excluding hydrogens is 262 g/mol. The van der Waals surface area contributed by atoms with Crippen molar-refractivity contribution < 1.29 is 4.79 Å². The van der Waals surface area contributed by atoms with E-state index in [2.05, 4.69) is 36.4 Å². The highest BCUT2D eigenvalue weighted by Crippen LogP contribution is 2.24. The summed E-state index contributed by atoms with van der Waals surface area (Å²) in [6.45, 7) is 8.28. The van der Waals surface area contributed by atoms with Crippen LogP contribution in [-0.4, -0.2) is 43.0 Å². The number of piperidine rings is 1. The molecule has 1 aromatic rings. The van der Waals surface area contributed by atoms with Crippen molar-refractivity contribution in [3.8, 4) is 0 Å². The number of benzene rings is 1. The maximum atomic E-state index is 11.7. The van der Waals surface area contributed by atoms with Crippen LogP contribution in [0.2, 0.25) is 0 Å². The number of carbonyl (C=O) groups excluding carboxylic acids is 1. The van der Waals surface area contributed by atoms with Gasteiger partial charge in [0.25, 0.3) is 5.91 Å². The van der Waals surface area contributed by atoms with Crippen molar-refractivity contribution in [1.29, 1.82) is 0 Å². The smallest absolute Gasteiger partial charge is 0.251 e. The van der Waals surface area contributed by atoms with Crippen LogP contribution >= 0.6 is 0 Å². The van der Waals surface area contributed by atoms with Gasteiger partial charge in [0.1, 0.15) is 0 Å². The Balaban J connectivity index is 1.98. The Kier molecular flexibility index (Phi) is 5.23. The Morgan fingerprint density at radius 1 is 1.29 bits per heavy atom. The second kappa shape index (κ2) is 6.94. The van der Waals surface area contributed by atoms with Crippen molar-refractivity contribution in [2.45, 2.75) is 39.3 Å². The van der Waals surface area contributed by atoms with E-state index in [1.54, 1.807) is 0 Å². The largest absolute Gasteiger partial charge is 0.382 e. The zero-order valence-electron chi connectivity index (χ0n) is 13.5. The Labute approximate surface area is 127 Å². The van der Waals surface area contributed by atoms with Gasteiger partial charge in [-0.2, -0.15) is 0 Å². The standard InChI is InChI=1S/C17H27N3O/c1-5-18-17(21)14-6-8-15(9-7-14)19-16-10-13(3)20(4)11-12(16)2/h6-9,12-13,16,19H,5,10-11H2,1-4H3,(H,18,21). The molecule has 2 N–H and O–H groups in total. The van der Waals surface area contributed by atoms with E-state index in [0.29, 0.717) is 30.1 Å². The molecule has 0 bridgehead atoms. The number of hydrogen-bond acceptors (Lipinski definition) is 3. The van der Waals surface area contributed by atoms with Crippen LogP contribution in [0.4, 0.5) is 5.69 Å². The second-order valence-corrected chi connectivity index (χ2v) is 6.19. The minimum atomic E-state index is -0.00895. The predicted molar refractivity (Wildman–Crippen MR) is 87.7 cm³/mol. The number of anilines is 1. The fourth-order valence-electron chi connectivity index (χ4n) is 2.94. The fourth-order valence-corrected chi connectivity index (χ4v) is 2.94. The van der Waals surface area contributed by atoms with Crippen LogP contribution in [0.1, 0.15) is 37.6 Å². The van der Waals surface area contributed by atoms with Gasteiger partial charge in [-0.05, 0) is 57.5 Å². The van der Waals surface area contributed by atoms with Crippen LogP contribution in [0, 0.1) is 5.92 Å². The number of hydrogen-bond donors (Lipinski definition) is 2. The van der Waals surface area contributed by atoms with Gasteiger partial charge in [0, 0.05) is 36.4 Å². The lowest BCUT2D eigenvalue weighted by Gasteiger charge is -2.40. The number of nitrogens with zero attached hydrogens (tertiary/aromatic N) is 1. The first-order valence-corrected chi connectivity index (χ1v) is 7.86. The number of likely N-dealkylation sites (tertiary alicyclic amines) is 1. The fraction of sp³-hybridized carbons (Fsp3) is 0.588. The highest BCUT2D eigenvalue weighted by atomic mass is 16.1. The summed E-state index contributed by atoms with van der Waals surface area (Å²) < 4.78 is 0. The summed E-state index contributed by atoms with van der Waals surface area (Å²) in [5, 5.41) is 6.44. The van der Waals surface area contributed by atoms with E-state index < -0.39 is 0 Å². The molecule has 1 saturated heterocycles. The molecular formula is C17H27N3O. The predicted octanol–water partition coefficient (Wildman–Crippen LogP) is 2.58. The molecule has 1 aromatic carbocycles. The molecule has 1 heterocycles. The normalized spacial score (nSPS) is 26.4. The van der Waals surface area contributed by atoms with Crippen molar-refractivity contribution in [3.63, 3.8) is 0 Å². The van der Waals surface area contributed by atoms with Crippen LogP contribution in [0.3, 0.4) is 0 Å². The first-order chi connectivity index (χ1) is 10.0. The maximum Gasteiger partial charge on any atom is 0.251 e. The third-order valence-corrected chi connectivity index (χ3v) is 4.45. The Hall–Kier alpha value is -1.55. The number of nitrogens with one attached hydrogen (secondary N) is 2. The van der Waals surface area contributed by atoms with Crippen LogP contribution in [0.25, 0.3) is 0 Å². The van der Waals surface area contributed by atoms with Gasteiger partial charge in [-0.25, -0.2) is 0 Å². The van der Waals surface area contributed by atoms with E-state index in [1.165, 1.54) is 0 Å². The number of amides is 1. The summed E-state index contributed by atoms with van der Waals surface area (Å²) >= 11 is 0. The van der Waals surface area contributed by atoms with Crippen molar-refractivity contribution in [1.82, 2.24) is 10.2 Å². The Morgan fingerprint density at radius 3 is 2.57 bits per heavy atom. The van der Waals surface area contributed by atoms with Gasteiger partial charge in [0.2, 0.25) is 0 Å². The quantitative estimate of drug-likeness (QED) is 0.895.